The summed E-state index contributed by atoms with van der Waals surface area (Å²) < 4.78 is 5.84. The van der Waals surface area contributed by atoms with Crippen LogP contribution < -0.4 is 10.9 Å². The van der Waals surface area contributed by atoms with Gasteiger partial charge in [-0.1, -0.05) is 41.5 Å². The smallest absolute Gasteiger partial charge is 0.316 e. The highest BCUT2D eigenvalue weighted by Crippen LogP contribution is 2.19. The van der Waals surface area contributed by atoms with Crippen molar-refractivity contribution in [2.24, 2.45) is 5.92 Å². The number of carbonyl (C=O) groups excluding carboxylic acids is 4. The van der Waals surface area contributed by atoms with E-state index < -0.39 is 5.60 Å². The Morgan fingerprint density at radius 1 is 1.09 bits per heavy atom. The average Bonchev–Trinajstić information content (AvgIpc) is 2.79. The molecule has 1 unspecified atom stereocenters. The zero-order valence-electron chi connectivity index (χ0n) is 22.3. The lowest BCUT2D eigenvalue weighted by atomic mass is 10.0. The molecule has 0 fully saturated rings. The quantitative estimate of drug-likeness (QED) is 0.189. The Balaban J connectivity index is -0.00000198. The summed E-state index contributed by atoms with van der Waals surface area (Å²) in [5.41, 5.74) is 4.50. The van der Waals surface area contributed by atoms with Crippen molar-refractivity contribution in [2.75, 3.05) is 34.4 Å². The first-order valence-corrected chi connectivity index (χ1v) is 11.6. The molecule has 2 N–H and O–H groups in total. The zero-order valence-corrected chi connectivity index (χ0v) is 22.3. The van der Waals surface area contributed by atoms with Gasteiger partial charge in [0, 0.05) is 25.9 Å². The molecule has 0 aromatic rings. The van der Waals surface area contributed by atoms with E-state index >= 15 is 0 Å². The van der Waals surface area contributed by atoms with Crippen LogP contribution in [0.15, 0.2) is 0 Å². The maximum atomic E-state index is 12.6. The normalized spacial score (nSPS) is 11.7. The van der Waals surface area contributed by atoms with Crippen LogP contribution in [0.1, 0.15) is 81.1 Å². The number of imide groups is 1. The van der Waals surface area contributed by atoms with Gasteiger partial charge in [-0.3, -0.25) is 24.7 Å². The summed E-state index contributed by atoms with van der Waals surface area (Å²) in [6.45, 7) is 15.5. The molecule has 0 saturated carbocycles. The molecule has 9 heteroatoms. The molecule has 32 heavy (non-hydrogen) atoms. The first kappa shape index (κ1) is 34.8. The van der Waals surface area contributed by atoms with Crippen molar-refractivity contribution in [3.05, 3.63) is 0 Å². The van der Waals surface area contributed by atoms with E-state index in [1.54, 1.807) is 28.1 Å². The lowest BCUT2D eigenvalue weighted by Gasteiger charge is -2.32. The monoisotopic (exact) mass is 461 g/mol. The number of hydrogen-bond acceptors (Lipinski definition) is 6. The molecule has 0 radical (unpaired) electrons. The Bertz CT molecular complexity index is 551. The predicted molar refractivity (Wildman–Crippen MR) is 128 cm³/mol. The van der Waals surface area contributed by atoms with Gasteiger partial charge in [0.05, 0.1) is 26.1 Å². The van der Waals surface area contributed by atoms with Crippen molar-refractivity contribution in [1.82, 2.24) is 15.8 Å². The molecule has 0 saturated heterocycles. The van der Waals surface area contributed by atoms with Crippen molar-refractivity contribution in [2.45, 2.75) is 86.7 Å². The van der Waals surface area contributed by atoms with Crippen molar-refractivity contribution in [3.8, 4) is 0 Å². The van der Waals surface area contributed by atoms with Gasteiger partial charge in [0.2, 0.25) is 18.2 Å². The summed E-state index contributed by atoms with van der Waals surface area (Å²) in [6.07, 6.45) is 1.96. The first-order valence-electron chi connectivity index (χ1n) is 11.6. The minimum atomic E-state index is -0.581. The highest BCUT2D eigenvalue weighted by molar-refractivity contribution is 5.88. The lowest BCUT2D eigenvalue weighted by Crippen LogP contribution is -2.50. The third-order valence-corrected chi connectivity index (χ3v) is 4.68. The van der Waals surface area contributed by atoms with Crippen molar-refractivity contribution >= 4 is 24.1 Å². The summed E-state index contributed by atoms with van der Waals surface area (Å²) in [6, 6.07) is 0. The second-order valence-electron chi connectivity index (χ2n) is 8.11. The van der Waals surface area contributed by atoms with Crippen LogP contribution in [-0.4, -0.2) is 73.5 Å². The Labute approximate surface area is 195 Å². The summed E-state index contributed by atoms with van der Waals surface area (Å²) in [5, 5.41) is 0. The van der Waals surface area contributed by atoms with E-state index in [0.29, 0.717) is 25.7 Å². The molecule has 0 spiro atoms. The fourth-order valence-corrected chi connectivity index (χ4v) is 2.29. The fraction of sp³-hybridized carbons (Fsp3) is 0.826. The molecule has 4 amide bonds. The standard InChI is InChI=1S/C19H36N4O5.2C2H6/c1-8-15(2)18(27)22(13-24)12-10-17(26)23(6,7)14-28-19(3,4)11-9-16(25)21-20-5;2*1-2/h13,15,20H,8-12,14H2,1-7H3;2*1-2H3/p+1. The number of nitrogens with one attached hydrogen (secondary N) is 2. The number of carbonyl (C=O) groups is 4. The molecule has 0 aromatic carbocycles. The maximum Gasteiger partial charge on any atom is 0.316 e. The predicted octanol–water partition coefficient (Wildman–Crippen LogP) is 2.85. The van der Waals surface area contributed by atoms with Crippen molar-refractivity contribution in [1.29, 1.82) is 0 Å². The van der Waals surface area contributed by atoms with Gasteiger partial charge in [0.1, 0.15) is 0 Å². The number of quaternary nitrogens is 1. The SMILES string of the molecule is CC.CC.CCC(C)C(=O)N(C=O)CCC(=O)[N+](C)(C)COC(C)(C)CCC(=O)NNC. The highest BCUT2D eigenvalue weighted by atomic mass is 16.5. The van der Waals surface area contributed by atoms with Gasteiger partial charge in [0.25, 0.3) is 0 Å². The minimum absolute atomic E-state index is 0.0453. The van der Waals surface area contributed by atoms with Gasteiger partial charge in [-0.25, -0.2) is 14.7 Å². The van der Waals surface area contributed by atoms with E-state index in [1.807, 2.05) is 48.5 Å². The summed E-state index contributed by atoms with van der Waals surface area (Å²) >= 11 is 0. The van der Waals surface area contributed by atoms with E-state index in [-0.39, 0.29) is 47.8 Å². The molecule has 1 atom stereocenters. The fourth-order valence-electron chi connectivity index (χ4n) is 2.29. The van der Waals surface area contributed by atoms with Gasteiger partial charge in [-0.05, 0) is 26.7 Å². The molecular weight excluding hydrogens is 412 g/mol. The molecule has 190 valence electrons. The average molecular weight is 462 g/mol. The van der Waals surface area contributed by atoms with Gasteiger partial charge in [-0.15, -0.1) is 0 Å². The van der Waals surface area contributed by atoms with Gasteiger partial charge >= 0.3 is 5.91 Å². The molecule has 0 heterocycles. The number of ether oxygens (including phenoxy) is 1. The highest BCUT2D eigenvalue weighted by Gasteiger charge is 2.31. The van der Waals surface area contributed by atoms with Crippen LogP contribution in [-0.2, 0) is 23.9 Å². The number of amides is 4. The topological polar surface area (TPSA) is 105 Å². The lowest BCUT2D eigenvalue weighted by molar-refractivity contribution is -0.838. The molecule has 0 rings (SSSR count). The van der Waals surface area contributed by atoms with Gasteiger partial charge < -0.3 is 4.74 Å². The molecular formula is C23H49N4O5+. The van der Waals surface area contributed by atoms with E-state index in [2.05, 4.69) is 10.9 Å². The first-order chi connectivity index (χ1) is 14.9. The molecule has 0 aliphatic rings. The van der Waals surface area contributed by atoms with Crippen LogP contribution in [0.2, 0.25) is 0 Å². The van der Waals surface area contributed by atoms with Gasteiger partial charge in [-0.2, -0.15) is 0 Å². The molecule has 9 nitrogen and oxygen atoms in total. The summed E-state index contributed by atoms with van der Waals surface area (Å²) in [7, 11) is 5.05. The van der Waals surface area contributed by atoms with Crippen LogP contribution in [0.25, 0.3) is 0 Å². The number of hydrazine groups is 1. The molecule has 0 aromatic heterocycles. The van der Waals surface area contributed by atoms with Crippen molar-refractivity contribution in [3.63, 3.8) is 0 Å². The Hall–Kier alpha value is -1.84. The van der Waals surface area contributed by atoms with Crippen LogP contribution in [0.4, 0.5) is 0 Å². The van der Waals surface area contributed by atoms with E-state index in [0.717, 1.165) is 4.90 Å². The number of rotatable bonds is 13. The van der Waals surface area contributed by atoms with Crippen LogP contribution in [0.5, 0.6) is 0 Å². The molecule has 0 bridgehead atoms. The zero-order chi connectivity index (χ0) is 26.0. The number of hydrogen-bond donors (Lipinski definition) is 2. The van der Waals surface area contributed by atoms with Crippen molar-refractivity contribution < 1.29 is 28.4 Å². The van der Waals surface area contributed by atoms with Gasteiger partial charge in [0.15, 0.2) is 6.73 Å². The van der Waals surface area contributed by atoms with E-state index in [1.165, 1.54) is 0 Å². The Morgan fingerprint density at radius 3 is 2.06 bits per heavy atom. The third-order valence-electron chi connectivity index (χ3n) is 4.68. The largest absolute Gasteiger partial charge is 0.325 e. The second-order valence-corrected chi connectivity index (χ2v) is 8.11. The molecule has 0 aliphatic carbocycles. The minimum Gasteiger partial charge on any atom is -0.325 e. The third kappa shape index (κ3) is 15.0. The van der Waals surface area contributed by atoms with Crippen LogP contribution in [0, 0.1) is 5.92 Å². The van der Waals surface area contributed by atoms with Crippen LogP contribution >= 0.6 is 0 Å². The Kier molecular flexibility index (Phi) is 20.3. The van der Waals surface area contributed by atoms with E-state index in [9.17, 15) is 19.2 Å². The maximum absolute atomic E-state index is 12.6. The molecule has 0 aliphatic heterocycles. The van der Waals surface area contributed by atoms with E-state index in [4.69, 9.17) is 4.74 Å². The van der Waals surface area contributed by atoms with Crippen LogP contribution in [0.3, 0.4) is 0 Å². The summed E-state index contributed by atoms with van der Waals surface area (Å²) in [4.78, 5) is 48.5. The summed E-state index contributed by atoms with van der Waals surface area (Å²) in [5.74, 6) is -0.809. The number of nitrogens with zero attached hydrogens (tertiary/aromatic N) is 2. The second kappa shape index (κ2) is 18.7. The Morgan fingerprint density at radius 2 is 1.62 bits per heavy atom.